The molecule has 0 aromatic carbocycles. The molecule has 0 aromatic heterocycles. The molecule has 2 heterocycles. The average molecular weight is 229 g/mol. The van der Waals surface area contributed by atoms with Crippen LogP contribution >= 0.6 is 0 Å². The van der Waals surface area contributed by atoms with Gasteiger partial charge in [0.05, 0.1) is 12.7 Å². The molecule has 0 saturated carbocycles. The van der Waals surface area contributed by atoms with E-state index in [1.54, 1.807) is 0 Å². The number of hydrogen-bond acceptors (Lipinski definition) is 4. The van der Waals surface area contributed by atoms with Crippen molar-refractivity contribution in [2.24, 2.45) is 0 Å². The second-order valence-electron chi connectivity index (χ2n) is 5.18. The second-order valence-corrected chi connectivity index (χ2v) is 5.18. The Balaban J connectivity index is 1.84. The Bertz CT molecular complexity index is 236. The van der Waals surface area contributed by atoms with E-state index in [-0.39, 0.29) is 12.7 Å². The zero-order valence-corrected chi connectivity index (χ0v) is 10.3. The van der Waals surface area contributed by atoms with E-state index in [9.17, 15) is 0 Å². The summed E-state index contributed by atoms with van der Waals surface area (Å²) in [5.41, 5.74) is 0. The topological polar surface area (TPSA) is 41.9 Å². The van der Waals surface area contributed by atoms with Gasteiger partial charge < -0.3 is 19.5 Å². The first-order valence-electron chi connectivity index (χ1n) is 6.26. The lowest BCUT2D eigenvalue weighted by Gasteiger charge is -2.29. The molecular formula is C12H23NO3. The molecule has 16 heavy (non-hydrogen) atoms. The summed E-state index contributed by atoms with van der Waals surface area (Å²) in [6.07, 6.45) is 4.20. The summed E-state index contributed by atoms with van der Waals surface area (Å²) in [5, 5.41) is 8.88. The Morgan fingerprint density at radius 2 is 2.31 bits per heavy atom. The van der Waals surface area contributed by atoms with E-state index in [0.717, 1.165) is 6.42 Å². The van der Waals surface area contributed by atoms with Gasteiger partial charge in [0.15, 0.2) is 5.79 Å². The second kappa shape index (κ2) is 5.00. The fourth-order valence-corrected chi connectivity index (χ4v) is 2.75. The smallest absolute Gasteiger partial charge is 0.167 e. The van der Waals surface area contributed by atoms with Gasteiger partial charge in [-0.15, -0.1) is 0 Å². The maximum atomic E-state index is 8.88. The Hall–Kier alpha value is -0.160. The number of aliphatic hydroxyl groups is 1. The van der Waals surface area contributed by atoms with Crippen molar-refractivity contribution in [2.75, 3.05) is 26.8 Å². The minimum absolute atomic E-state index is 0.0710. The largest absolute Gasteiger partial charge is 0.396 e. The van der Waals surface area contributed by atoms with Gasteiger partial charge >= 0.3 is 0 Å². The third kappa shape index (κ3) is 2.74. The van der Waals surface area contributed by atoms with Crippen LogP contribution < -0.4 is 0 Å². The SMILES string of the molecule is CN1CCCC1CC1(C)OCC(CCO)O1. The molecule has 2 saturated heterocycles. The molecule has 0 amide bonds. The first-order chi connectivity index (χ1) is 7.63. The molecule has 1 N–H and O–H groups in total. The van der Waals surface area contributed by atoms with Crippen LogP contribution in [0.25, 0.3) is 0 Å². The zero-order chi connectivity index (χ0) is 11.6. The van der Waals surface area contributed by atoms with Gasteiger partial charge in [0.25, 0.3) is 0 Å². The van der Waals surface area contributed by atoms with Crippen LogP contribution in [0.15, 0.2) is 0 Å². The first-order valence-corrected chi connectivity index (χ1v) is 6.26. The average Bonchev–Trinajstić information content (AvgIpc) is 2.77. The monoisotopic (exact) mass is 229 g/mol. The molecule has 3 atom stereocenters. The van der Waals surface area contributed by atoms with Gasteiger partial charge in [-0.25, -0.2) is 0 Å². The summed E-state index contributed by atoms with van der Waals surface area (Å²) in [6.45, 7) is 4.00. The standard InChI is InChI=1S/C12H23NO3/c1-12(8-10-4-3-6-13(10)2)15-9-11(16-12)5-7-14/h10-11,14H,3-9H2,1-2H3. The first kappa shape index (κ1) is 12.3. The van der Waals surface area contributed by atoms with Crippen molar-refractivity contribution in [3.05, 3.63) is 0 Å². The number of aliphatic hydroxyl groups excluding tert-OH is 1. The lowest BCUT2D eigenvalue weighted by Crippen LogP contribution is -2.37. The van der Waals surface area contributed by atoms with Crippen LogP contribution in [0.3, 0.4) is 0 Å². The summed E-state index contributed by atoms with van der Waals surface area (Å²) in [7, 11) is 2.17. The number of ether oxygens (including phenoxy) is 2. The normalized spacial score (nSPS) is 40.7. The minimum Gasteiger partial charge on any atom is -0.396 e. The highest BCUT2D eigenvalue weighted by Gasteiger charge is 2.40. The molecule has 2 fully saturated rings. The molecular weight excluding hydrogens is 206 g/mol. The Kier molecular flexibility index (Phi) is 3.85. The lowest BCUT2D eigenvalue weighted by atomic mass is 10.1. The van der Waals surface area contributed by atoms with Gasteiger partial charge in [0.1, 0.15) is 0 Å². The quantitative estimate of drug-likeness (QED) is 0.780. The van der Waals surface area contributed by atoms with Gasteiger partial charge in [0, 0.05) is 19.1 Å². The van der Waals surface area contributed by atoms with Gasteiger partial charge in [-0.3, -0.25) is 0 Å². The van der Waals surface area contributed by atoms with E-state index < -0.39 is 5.79 Å². The van der Waals surface area contributed by atoms with Crippen molar-refractivity contribution in [1.82, 2.24) is 4.90 Å². The predicted molar refractivity (Wildman–Crippen MR) is 61.2 cm³/mol. The predicted octanol–water partition coefficient (Wildman–Crippen LogP) is 0.985. The molecule has 0 spiro atoms. The molecule has 3 unspecified atom stereocenters. The Morgan fingerprint density at radius 1 is 1.50 bits per heavy atom. The van der Waals surface area contributed by atoms with Gasteiger partial charge in [-0.05, 0) is 39.8 Å². The van der Waals surface area contributed by atoms with Crippen LogP contribution in [-0.4, -0.2) is 54.7 Å². The highest BCUT2D eigenvalue weighted by Crippen LogP contribution is 2.33. The molecule has 4 heteroatoms. The van der Waals surface area contributed by atoms with Crippen LogP contribution in [0.4, 0.5) is 0 Å². The maximum Gasteiger partial charge on any atom is 0.167 e. The lowest BCUT2D eigenvalue weighted by molar-refractivity contribution is -0.167. The van der Waals surface area contributed by atoms with Crippen molar-refractivity contribution in [1.29, 1.82) is 0 Å². The molecule has 0 aliphatic carbocycles. The highest BCUT2D eigenvalue weighted by molar-refractivity contribution is 4.84. The van der Waals surface area contributed by atoms with E-state index >= 15 is 0 Å². The van der Waals surface area contributed by atoms with E-state index in [2.05, 4.69) is 11.9 Å². The minimum atomic E-state index is -0.441. The molecule has 0 bridgehead atoms. The summed E-state index contributed by atoms with van der Waals surface area (Å²) in [6, 6.07) is 0.581. The maximum absolute atomic E-state index is 8.88. The third-order valence-corrected chi connectivity index (χ3v) is 3.72. The molecule has 2 rings (SSSR count). The van der Waals surface area contributed by atoms with Crippen LogP contribution in [0.2, 0.25) is 0 Å². The van der Waals surface area contributed by atoms with Crippen molar-refractivity contribution in [3.63, 3.8) is 0 Å². The number of rotatable bonds is 4. The molecule has 4 nitrogen and oxygen atoms in total. The summed E-state index contributed by atoms with van der Waals surface area (Å²) < 4.78 is 11.6. The van der Waals surface area contributed by atoms with E-state index in [0.29, 0.717) is 19.1 Å². The van der Waals surface area contributed by atoms with E-state index in [1.807, 2.05) is 6.92 Å². The van der Waals surface area contributed by atoms with Crippen LogP contribution in [0, 0.1) is 0 Å². The van der Waals surface area contributed by atoms with E-state index in [1.165, 1.54) is 19.4 Å². The summed E-state index contributed by atoms with van der Waals surface area (Å²) in [5.74, 6) is -0.441. The molecule has 2 aliphatic heterocycles. The van der Waals surface area contributed by atoms with Crippen LogP contribution in [0.5, 0.6) is 0 Å². The number of hydrogen-bond donors (Lipinski definition) is 1. The fourth-order valence-electron chi connectivity index (χ4n) is 2.75. The fraction of sp³-hybridized carbons (Fsp3) is 1.00. The van der Waals surface area contributed by atoms with Crippen LogP contribution in [0.1, 0.15) is 32.6 Å². The summed E-state index contributed by atoms with van der Waals surface area (Å²) in [4.78, 5) is 2.39. The van der Waals surface area contributed by atoms with Gasteiger partial charge in [-0.2, -0.15) is 0 Å². The van der Waals surface area contributed by atoms with Crippen molar-refractivity contribution < 1.29 is 14.6 Å². The van der Waals surface area contributed by atoms with E-state index in [4.69, 9.17) is 14.6 Å². The van der Waals surface area contributed by atoms with Crippen molar-refractivity contribution >= 4 is 0 Å². The zero-order valence-electron chi connectivity index (χ0n) is 10.3. The molecule has 0 aromatic rings. The Morgan fingerprint density at radius 3 is 2.94 bits per heavy atom. The van der Waals surface area contributed by atoms with Crippen LogP contribution in [-0.2, 0) is 9.47 Å². The van der Waals surface area contributed by atoms with Crippen molar-refractivity contribution in [3.8, 4) is 0 Å². The number of nitrogens with zero attached hydrogens (tertiary/aromatic N) is 1. The molecule has 2 aliphatic rings. The van der Waals surface area contributed by atoms with Gasteiger partial charge in [0.2, 0.25) is 0 Å². The van der Waals surface area contributed by atoms with Crippen molar-refractivity contribution in [2.45, 2.75) is 50.5 Å². The molecule has 0 radical (unpaired) electrons. The summed E-state index contributed by atoms with van der Waals surface area (Å²) >= 11 is 0. The Labute approximate surface area is 97.5 Å². The molecule has 94 valence electrons. The number of likely N-dealkylation sites (tertiary alicyclic amines) is 1. The van der Waals surface area contributed by atoms with Gasteiger partial charge in [-0.1, -0.05) is 0 Å². The highest BCUT2D eigenvalue weighted by atomic mass is 16.7. The third-order valence-electron chi connectivity index (χ3n) is 3.72.